The molecular weight excluding hydrogens is 250 g/mol. The summed E-state index contributed by atoms with van der Waals surface area (Å²) in [4.78, 5) is 15.8. The number of nitrogens with zero attached hydrogens (tertiary/aromatic N) is 1. The van der Waals surface area contributed by atoms with Crippen LogP contribution in [0.4, 0.5) is 0 Å². The highest BCUT2D eigenvalue weighted by Gasteiger charge is 2.30. The van der Waals surface area contributed by atoms with Gasteiger partial charge in [0.25, 0.3) is 0 Å². The third kappa shape index (κ3) is 2.51. The molecule has 2 aliphatic carbocycles. The Morgan fingerprint density at radius 3 is 2.72 bits per heavy atom. The van der Waals surface area contributed by atoms with E-state index >= 15 is 0 Å². The maximum Gasteiger partial charge on any atom is 0.351 e. The third-order valence-electron chi connectivity index (χ3n) is 3.72. The number of ether oxygens (including phenoxy) is 1. The van der Waals surface area contributed by atoms with Crippen LogP contribution in [-0.2, 0) is 0 Å². The molecule has 2 saturated carbocycles. The van der Waals surface area contributed by atoms with Crippen LogP contribution in [-0.4, -0.2) is 22.7 Å². The quantitative estimate of drug-likeness (QED) is 0.859. The van der Waals surface area contributed by atoms with Gasteiger partial charge in [0.2, 0.25) is 5.88 Å². The highest BCUT2D eigenvalue weighted by Crippen LogP contribution is 2.44. The fourth-order valence-electron chi connectivity index (χ4n) is 2.16. The van der Waals surface area contributed by atoms with E-state index in [9.17, 15) is 4.79 Å². The predicted molar refractivity (Wildman–Crippen MR) is 68.5 cm³/mol. The van der Waals surface area contributed by atoms with E-state index in [0.29, 0.717) is 18.4 Å². The minimum atomic E-state index is -0.918. The first kappa shape index (κ1) is 12.0. The van der Waals surface area contributed by atoms with Crippen LogP contribution in [0.1, 0.15) is 59.1 Å². The zero-order chi connectivity index (χ0) is 12.5. The van der Waals surface area contributed by atoms with Gasteiger partial charge >= 0.3 is 5.97 Å². The van der Waals surface area contributed by atoms with Crippen molar-refractivity contribution in [2.45, 2.75) is 44.4 Å². The number of hydrogen-bond acceptors (Lipinski definition) is 4. The second kappa shape index (κ2) is 4.88. The molecule has 0 aromatic carbocycles. The van der Waals surface area contributed by atoms with Crippen LogP contribution in [0, 0.1) is 5.92 Å². The molecule has 1 N–H and O–H groups in total. The Morgan fingerprint density at radius 2 is 2.17 bits per heavy atom. The van der Waals surface area contributed by atoms with Gasteiger partial charge in [-0.3, -0.25) is 0 Å². The van der Waals surface area contributed by atoms with E-state index in [1.54, 1.807) is 0 Å². The molecule has 3 rings (SSSR count). The molecule has 1 aromatic rings. The molecule has 2 aliphatic rings. The summed E-state index contributed by atoms with van der Waals surface area (Å²) in [5, 5.41) is 10.1. The molecule has 0 aliphatic heterocycles. The molecule has 5 heteroatoms. The van der Waals surface area contributed by atoms with E-state index in [-0.39, 0.29) is 4.88 Å². The number of rotatable bonds is 6. The Bertz CT molecular complexity index is 449. The fourth-order valence-corrected chi connectivity index (χ4v) is 3.18. The van der Waals surface area contributed by atoms with Gasteiger partial charge in [-0.2, -0.15) is 0 Å². The summed E-state index contributed by atoms with van der Waals surface area (Å²) >= 11 is 1.28. The average molecular weight is 267 g/mol. The predicted octanol–water partition coefficient (Wildman–Crippen LogP) is 3.29. The normalized spacial score (nSPS) is 19.6. The minimum Gasteiger partial charge on any atom is -0.477 e. The van der Waals surface area contributed by atoms with Gasteiger partial charge in [-0.15, -0.1) is 11.3 Å². The first-order valence-corrected chi connectivity index (χ1v) is 7.42. The zero-order valence-electron chi connectivity index (χ0n) is 10.2. The Labute approximate surface area is 110 Å². The van der Waals surface area contributed by atoms with Gasteiger partial charge < -0.3 is 9.84 Å². The molecule has 1 aromatic heterocycles. The lowest BCUT2D eigenvalue weighted by atomic mass is 9.83. The summed E-state index contributed by atoms with van der Waals surface area (Å²) < 4.78 is 5.58. The van der Waals surface area contributed by atoms with Gasteiger partial charge in [0.05, 0.1) is 6.61 Å². The molecule has 2 fully saturated rings. The summed E-state index contributed by atoms with van der Waals surface area (Å²) in [5.74, 6) is 0.684. The van der Waals surface area contributed by atoms with Crippen molar-refractivity contribution in [3.05, 3.63) is 9.88 Å². The van der Waals surface area contributed by atoms with Crippen molar-refractivity contribution >= 4 is 17.3 Å². The molecule has 0 radical (unpaired) electrons. The summed E-state index contributed by atoms with van der Waals surface area (Å²) in [5.41, 5.74) is 0. The smallest absolute Gasteiger partial charge is 0.351 e. The summed E-state index contributed by atoms with van der Waals surface area (Å²) in [6, 6.07) is 0. The van der Waals surface area contributed by atoms with Crippen molar-refractivity contribution in [3.8, 4) is 5.88 Å². The number of carbonyl (C=O) groups is 1. The standard InChI is InChI=1S/C13H17NO3S/c15-13(16)10-11(14-12(18-10)9-4-5-9)17-7-6-8-2-1-3-8/h8-9H,1-7H2,(H,15,16). The molecule has 0 amide bonds. The van der Waals surface area contributed by atoms with Crippen molar-refractivity contribution in [1.29, 1.82) is 0 Å². The molecule has 98 valence electrons. The van der Waals surface area contributed by atoms with Gasteiger partial charge in [-0.25, -0.2) is 9.78 Å². The number of aromatic nitrogens is 1. The zero-order valence-corrected chi connectivity index (χ0v) is 11.0. The second-order valence-corrected chi connectivity index (χ2v) is 6.23. The highest BCUT2D eigenvalue weighted by atomic mass is 32.1. The third-order valence-corrected chi connectivity index (χ3v) is 4.91. The molecule has 4 nitrogen and oxygen atoms in total. The molecule has 0 bridgehead atoms. The minimum absolute atomic E-state index is 0.269. The van der Waals surface area contributed by atoms with Crippen molar-refractivity contribution in [3.63, 3.8) is 0 Å². The first-order chi connectivity index (χ1) is 8.74. The maximum atomic E-state index is 11.1. The summed E-state index contributed by atoms with van der Waals surface area (Å²) in [6.45, 7) is 0.596. The SMILES string of the molecule is O=C(O)c1sc(C2CC2)nc1OCCC1CCC1. The Kier molecular flexibility index (Phi) is 3.24. The first-order valence-electron chi connectivity index (χ1n) is 6.61. The van der Waals surface area contributed by atoms with Gasteiger partial charge in [-0.1, -0.05) is 19.3 Å². The number of carboxylic acid groups (broad SMARTS) is 1. The van der Waals surface area contributed by atoms with Crippen LogP contribution in [0.3, 0.4) is 0 Å². The van der Waals surface area contributed by atoms with Gasteiger partial charge in [0, 0.05) is 5.92 Å². The Morgan fingerprint density at radius 1 is 1.39 bits per heavy atom. The van der Waals surface area contributed by atoms with Gasteiger partial charge in [0.1, 0.15) is 5.01 Å². The lowest BCUT2D eigenvalue weighted by Crippen LogP contribution is -2.15. The van der Waals surface area contributed by atoms with E-state index in [2.05, 4.69) is 4.98 Å². The average Bonchev–Trinajstić information content (AvgIpc) is 3.03. The Balaban J connectivity index is 1.62. The fraction of sp³-hybridized carbons (Fsp3) is 0.692. The number of aromatic carboxylic acids is 1. The summed E-state index contributed by atoms with van der Waals surface area (Å²) in [7, 11) is 0. The highest BCUT2D eigenvalue weighted by molar-refractivity contribution is 7.14. The second-order valence-electron chi connectivity index (χ2n) is 5.20. The largest absolute Gasteiger partial charge is 0.477 e. The molecule has 1 heterocycles. The van der Waals surface area contributed by atoms with Crippen molar-refractivity contribution in [2.75, 3.05) is 6.61 Å². The van der Waals surface area contributed by atoms with E-state index in [4.69, 9.17) is 9.84 Å². The molecule has 0 unspecified atom stereocenters. The van der Waals surface area contributed by atoms with Crippen LogP contribution >= 0.6 is 11.3 Å². The van der Waals surface area contributed by atoms with Crippen LogP contribution < -0.4 is 4.74 Å². The lowest BCUT2D eigenvalue weighted by molar-refractivity contribution is 0.0696. The molecule has 0 atom stereocenters. The van der Waals surface area contributed by atoms with E-state index in [0.717, 1.165) is 30.2 Å². The van der Waals surface area contributed by atoms with Crippen molar-refractivity contribution in [1.82, 2.24) is 4.98 Å². The number of carboxylic acids is 1. The van der Waals surface area contributed by atoms with Crippen LogP contribution in [0.15, 0.2) is 0 Å². The number of thiazole rings is 1. The van der Waals surface area contributed by atoms with E-state index < -0.39 is 5.97 Å². The maximum absolute atomic E-state index is 11.1. The Hall–Kier alpha value is -1.10. The monoisotopic (exact) mass is 267 g/mol. The number of hydrogen-bond donors (Lipinski definition) is 1. The van der Waals surface area contributed by atoms with Gasteiger partial charge in [0.15, 0.2) is 4.88 Å². The molecular formula is C13H17NO3S. The molecule has 18 heavy (non-hydrogen) atoms. The van der Waals surface area contributed by atoms with E-state index in [1.807, 2.05) is 0 Å². The van der Waals surface area contributed by atoms with Crippen LogP contribution in [0.2, 0.25) is 0 Å². The topological polar surface area (TPSA) is 59.4 Å². The lowest BCUT2D eigenvalue weighted by Gasteiger charge is -2.24. The van der Waals surface area contributed by atoms with Gasteiger partial charge in [-0.05, 0) is 25.2 Å². The van der Waals surface area contributed by atoms with E-state index in [1.165, 1.54) is 30.6 Å². The summed E-state index contributed by atoms with van der Waals surface area (Å²) in [6.07, 6.45) is 7.20. The molecule has 0 saturated heterocycles. The van der Waals surface area contributed by atoms with Crippen molar-refractivity contribution in [2.24, 2.45) is 5.92 Å². The van der Waals surface area contributed by atoms with Crippen LogP contribution in [0.25, 0.3) is 0 Å². The molecule has 0 spiro atoms. The van der Waals surface area contributed by atoms with Crippen LogP contribution in [0.5, 0.6) is 5.88 Å². The van der Waals surface area contributed by atoms with Crippen molar-refractivity contribution < 1.29 is 14.6 Å².